The summed E-state index contributed by atoms with van der Waals surface area (Å²) in [7, 11) is 1.74. The van der Waals surface area contributed by atoms with Gasteiger partial charge < -0.3 is 10.6 Å². The Labute approximate surface area is 113 Å². The Kier molecular flexibility index (Phi) is 3.66. The fourth-order valence-electron chi connectivity index (χ4n) is 1.63. The summed E-state index contributed by atoms with van der Waals surface area (Å²) in [6.07, 6.45) is 3.45. The molecule has 0 spiro atoms. The van der Waals surface area contributed by atoms with Crippen LogP contribution in [-0.2, 0) is 6.54 Å². The van der Waals surface area contributed by atoms with E-state index in [0.29, 0.717) is 22.3 Å². The number of aromatic amines is 1. The van der Waals surface area contributed by atoms with Crippen molar-refractivity contribution in [3.8, 4) is 0 Å². The van der Waals surface area contributed by atoms with Crippen LogP contribution in [0.5, 0.6) is 0 Å². The van der Waals surface area contributed by atoms with E-state index >= 15 is 0 Å². The Hall–Kier alpha value is -1.82. The van der Waals surface area contributed by atoms with Crippen LogP contribution in [0.4, 0.5) is 5.69 Å². The van der Waals surface area contributed by atoms with Crippen LogP contribution >= 0.6 is 15.9 Å². The van der Waals surface area contributed by atoms with Crippen LogP contribution in [0.1, 0.15) is 15.9 Å². The van der Waals surface area contributed by atoms with E-state index in [9.17, 15) is 4.79 Å². The molecule has 0 unspecified atom stereocenters. The highest BCUT2D eigenvalue weighted by Crippen LogP contribution is 2.24. The lowest BCUT2D eigenvalue weighted by molar-refractivity contribution is 0.0784. The first-order valence-corrected chi connectivity index (χ1v) is 6.16. The van der Waals surface area contributed by atoms with E-state index in [4.69, 9.17) is 5.73 Å². The summed E-state index contributed by atoms with van der Waals surface area (Å²) in [5, 5.41) is 6.56. The van der Waals surface area contributed by atoms with Gasteiger partial charge >= 0.3 is 0 Å². The number of carbonyl (C=O) groups is 1. The Morgan fingerprint density at radius 3 is 3.00 bits per heavy atom. The SMILES string of the molecule is CN(Cc1cn[nH]c1)C(=O)c1cccc(N)c1Br. The third-order valence-corrected chi connectivity index (χ3v) is 3.47. The van der Waals surface area contributed by atoms with E-state index < -0.39 is 0 Å². The molecular formula is C12H13BrN4O. The fraction of sp³-hybridized carbons (Fsp3) is 0.167. The molecule has 1 amide bonds. The summed E-state index contributed by atoms with van der Waals surface area (Å²) in [5.41, 5.74) is 7.82. The predicted molar refractivity (Wildman–Crippen MR) is 72.9 cm³/mol. The van der Waals surface area contributed by atoms with Gasteiger partial charge in [-0.2, -0.15) is 5.10 Å². The zero-order valence-electron chi connectivity index (χ0n) is 9.85. The first kappa shape index (κ1) is 12.6. The molecule has 0 aliphatic rings. The Bertz CT molecular complexity index is 553. The molecule has 2 aromatic rings. The molecule has 0 atom stereocenters. The summed E-state index contributed by atoms with van der Waals surface area (Å²) in [6.45, 7) is 0.497. The monoisotopic (exact) mass is 308 g/mol. The zero-order chi connectivity index (χ0) is 13.1. The van der Waals surface area contributed by atoms with Gasteiger partial charge in [-0.15, -0.1) is 0 Å². The van der Waals surface area contributed by atoms with Crippen molar-refractivity contribution in [2.45, 2.75) is 6.54 Å². The molecule has 0 fully saturated rings. The van der Waals surface area contributed by atoms with E-state index in [1.54, 1.807) is 42.5 Å². The summed E-state index contributed by atoms with van der Waals surface area (Å²) < 4.78 is 0.633. The molecule has 5 nitrogen and oxygen atoms in total. The van der Waals surface area contributed by atoms with Crippen LogP contribution in [-0.4, -0.2) is 28.1 Å². The van der Waals surface area contributed by atoms with Gasteiger partial charge in [0.25, 0.3) is 5.91 Å². The second kappa shape index (κ2) is 5.22. The van der Waals surface area contributed by atoms with E-state index in [0.717, 1.165) is 5.56 Å². The number of carbonyl (C=O) groups excluding carboxylic acids is 1. The largest absolute Gasteiger partial charge is 0.398 e. The number of benzene rings is 1. The summed E-state index contributed by atoms with van der Waals surface area (Å²) >= 11 is 3.34. The van der Waals surface area contributed by atoms with Crippen LogP contribution in [0, 0.1) is 0 Å². The average molecular weight is 309 g/mol. The first-order valence-electron chi connectivity index (χ1n) is 5.36. The molecule has 0 saturated heterocycles. The zero-order valence-corrected chi connectivity index (χ0v) is 11.4. The number of halogens is 1. The van der Waals surface area contributed by atoms with Crippen molar-refractivity contribution in [1.82, 2.24) is 15.1 Å². The number of rotatable bonds is 3. The number of amides is 1. The number of nitrogens with zero attached hydrogens (tertiary/aromatic N) is 2. The number of hydrogen-bond donors (Lipinski definition) is 2. The maximum Gasteiger partial charge on any atom is 0.255 e. The standard InChI is InChI=1S/C12H13BrN4O/c1-17(7-8-5-15-16-6-8)12(18)9-3-2-4-10(14)11(9)13/h2-6H,7,14H2,1H3,(H,15,16). The third kappa shape index (κ3) is 2.53. The first-order chi connectivity index (χ1) is 8.59. The van der Waals surface area contributed by atoms with Gasteiger partial charge in [0.2, 0.25) is 0 Å². The van der Waals surface area contributed by atoms with E-state index in [-0.39, 0.29) is 5.91 Å². The number of aromatic nitrogens is 2. The van der Waals surface area contributed by atoms with Crippen molar-refractivity contribution in [1.29, 1.82) is 0 Å². The number of nitrogen functional groups attached to an aromatic ring is 1. The Morgan fingerprint density at radius 1 is 1.56 bits per heavy atom. The smallest absolute Gasteiger partial charge is 0.255 e. The van der Waals surface area contributed by atoms with Gasteiger partial charge in [0.05, 0.1) is 16.2 Å². The molecule has 0 saturated carbocycles. The van der Waals surface area contributed by atoms with Gasteiger partial charge in [-0.1, -0.05) is 6.07 Å². The minimum atomic E-state index is -0.0876. The van der Waals surface area contributed by atoms with Crippen LogP contribution < -0.4 is 5.73 Å². The Morgan fingerprint density at radius 2 is 2.33 bits per heavy atom. The van der Waals surface area contributed by atoms with Crippen molar-refractivity contribution in [2.75, 3.05) is 12.8 Å². The normalized spacial score (nSPS) is 10.3. The minimum Gasteiger partial charge on any atom is -0.398 e. The minimum absolute atomic E-state index is 0.0876. The van der Waals surface area contributed by atoms with Crippen molar-refractivity contribution in [3.05, 3.63) is 46.2 Å². The number of H-pyrrole nitrogens is 1. The van der Waals surface area contributed by atoms with E-state index in [2.05, 4.69) is 26.1 Å². The lowest BCUT2D eigenvalue weighted by Gasteiger charge is -2.17. The third-order valence-electron chi connectivity index (χ3n) is 2.58. The van der Waals surface area contributed by atoms with Gasteiger partial charge in [-0.05, 0) is 28.1 Å². The molecule has 0 aliphatic carbocycles. The van der Waals surface area contributed by atoms with Gasteiger partial charge in [-0.25, -0.2) is 0 Å². The van der Waals surface area contributed by atoms with E-state index in [1.165, 1.54) is 0 Å². The fourth-order valence-corrected chi connectivity index (χ4v) is 2.06. The summed E-state index contributed by atoms with van der Waals surface area (Å²) in [5.74, 6) is -0.0876. The van der Waals surface area contributed by atoms with Gasteiger partial charge in [0, 0.05) is 31.0 Å². The number of hydrogen-bond acceptors (Lipinski definition) is 3. The molecule has 0 aliphatic heterocycles. The van der Waals surface area contributed by atoms with Crippen LogP contribution in [0.3, 0.4) is 0 Å². The Balaban J connectivity index is 2.18. The maximum absolute atomic E-state index is 12.3. The van der Waals surface area contributed by atoms with Crippen LogP contribution in [0.25, 0.3) is 0 Å². The van der Waals surface area contributed by atoms with Crippen LogP contribution in [0.15, 0.2) is 35.1 Å². The van der Waals surface area contributed by atoms with E-state index in [1.807, 2.05) is 0 Å². The second-order valence-corrected chi connectivity index (χ2v) is 4.77. The molecule has 6 heteroatoms. The number of nitrogens with one attached hydrogen (secondary N) is 1. The quantitative estimate of drug-likeness (QED) is 0.852. The molecular weight excluding hydrogens is 296 g/mol. The lowest BCUT2D eigenvalue weighted by atomic mass is 10.1. The predicted octanol–water partition coefficient (Wildman–Crippen LogP) is 2.03. The average Bonchev–Trinajstić information content (AvgIpc) is 2.84. The highest BCUT2D eigenvalue weighted by Gasteiger charge is 2.16. The maximum atomic E-state index is 12.3. The molecule has 2 rings (SSSR count). The summed E-state index contributed by atoms with van der Waals surface area (Å²) in [4.78, 5) is 13.9. The lowest BCUT2D eigenvalue weighted by Crippen LogP contribution is -2.26. The molecule has 94 valence electrons. The number of nitrogens with two attached hydrogens (primary N) is 1. The molecule has 0 radical (unpaired) electrons. The highest BCUT2D eigenvalue weighted by molar-refractivity contribution is 9.10. The van der Waals surface area contributed by atoms with Crippen molar-refractivity contribution < 1.29 is 4.79 Å². The van der Waals surface area contributed by atoms with Gasteiger partial charge in [0.15, 0.2) is 0 Å². The van der Waals surface area contributed by atoms with Crippen molar-refractivity contribution >= 4 is 27.5 Å². The molecule has 3 N–H and O–H groups in total. The van der Waals surface area contributed by atoms with Crippen molar-refractivity contribution in [2.24, 2.45) is 0 Å². The van der Waals surface area contributed by atoms with Crippen LogP contribution in [0.2, 0.25) is 0 Å². The topological polar surface area (TPSA) is 75.0 Å². The van der Waals surface area contributed by atoms with Crippen molar-refractivity contribution in [3.63, 3.8) is 0 Å². The molecule has 1 aromatic heterocycles. The summed E-state index contributed by atoms with van der Waals surface area (Å²) in [6, 6.07) is 5.25. The molecule has 1 heterocycles. The van der Waals surface area contributed by atoms with Gasteiger partial charge in [0.1, 0.15) is 0 Å². The molecule has 0 bridgehead atoms. The second-order valence-electron chi connectivity index (χ2n) is 3.98. The molecule has 18 heavy (non-hydrogen) atoms. The highest BCUT2D eigenvalue weighted by atomic mass is 79.9. The number of anilines is 1. The molecule has 1 aromatic carbocycles. The van der Waals surface area contributed by atoms with Gasteiger partial charge in [-0.3, -0.25) is 9.89 Å².